The lowest BCUT2D eigenvalue weighted by molar-refractivity contribution is -0.127. The van der Waals surface area contributed by atoms with Crippen LogP contribution in [0.25, 0.3) is 39.0 Å². The van der Waals surface area contributed by atoms with Gasteiger partial charge in [-0.1, -0.05) is 41.9 Å². The van der Waals surface area contributed by atoms with E-state index < -0.39 is 23.7 Å². The van der Waals surface area contributed by atoms with E-state index in [2.05, 4.69) is 29.8 Å². The van der Waals surface area contributed by atoms with Crippen LogP contribution in [0.5, 0.6) is 6.01 Å². The maximum absolute atomic E-state index is 16.2. The predicted octanol–water partition coefficient (Wildman–Crippen LogP) is 6.98. The van der Waals surface area contributed by atoms with Crippen LogP contribution in [0.4, 0.5) is 19.0 Å². The molecular formula is C38H38ClF3N8O2. The highest BCUT2D eigenvalue weighted by Gasteiger charge is 2.35. The molecule has 1 amide bonds. The molecule has 10 nitrogen and oxygen atoms in total. The molecule has 2 aromatic carbocycles. The van der Waals surface area contributed by atoms with Gasteiger partial charge < -0.3 is 14.5 Å². The standard InChI is InChI=1S/C31H26ClF2N7O2.C7H12FN/c1-17-35-12-10-19(37-17)14-24(33)30(42)41-13-11-20(16-41)40(2)29-22-15-36-27(26(34)28(22)38-31(39-29)43-3)21-8-4-6-18-7-5-9-23(32)25(18)21;8-6-4-7-2-1-3-9(7)5-6/h4-10,12,14-15,20H,11,13,16H2,1-3H3;6-7H,1-5H2/b24-14-;. The minimum atomic E-state index is -0.914. The Morgan fingerprint density at radius 1 is 1.06 bits per heavy atom. The Hall–Kier alpha value is -4.88. The summed E-state index contributed by atoms with van der Waals surface area (Å²) in [6.45, 7) is 4.10. The summed E-state index contributed by atoms with van der Waals surface area (Å²) in [6, 6.07) is 12.8. The number of ether oxygens (including phenoxy) is 1. The molecule has 5 aromatic rings. The van der Waals surface area contributed by atoms with Gasteiger partial charge in [0.05, 0.1) is 18.2 Å². The van der Waals surface area contributed by atoms with Crippen LogP contribution >= 0.6 is 11.6 Å². The highest BCUT2D eigenvalue weighted by atomic mass is 35.5. The van der Waals surface area contributed by atoms with Crippen molar-refractivity contribution in [3.63, 3.8) is 0 Å². The highest BCUT2D eigenvalue weighted by molar-refractivity contribution is 6.36. The van der Waals surface area contributed by atoms with Crippen LogP contribution in [0.3, 0.4) is 0 Å². The van der Waals surface area contributed by atoms with Crippen LogP contribution in [-0.4, -0.2) is 99.2 Å². The molecule has 3 aliphatic heterocycles. The SMILES string of the molecule is COc1nc(N(C)C2CCN(C(=O)/C(F)=C/c3ccnc(C)n3)C2)c2cnc(-c3cccc4cccc(Cl)c34)c(F)c2n1.FC1CC2CCCN2C1. The Morgan fingerprint density at radius 2 is 1.87 bits per heavy atom. The normalized spacial score (nSPS) is 20.2. The second-order valence-corrected chi connectivity index (χ2v) is 13.7. The molecule has 14 heteroatoms. The number of benzene rings is 2. The molecule has 6 heterocycles. The number of likely N-dealkylation sites (tertiary alicyclic amines) is 1. The van der Waals surface area contributed by atoms with E-state index in [1.807, 2.05) is 29.2 Å². The summed E-state index contributed by atoms with van der Waals surface area (Å²) in [5.74, 6) is -1.44. The second kappa shape index (κ2) is 15.0. The number of carbonyl (C=O) groups excluding carboxylic acids is 1. The summed E-state index contributed by atoms with van der Waals surface area (Å²) in [5.41, 5.74) is 0.972. The first-order chi connectivity index (χ1) is 25.1. The molecular weight excluding hydrogens is 693 g/mol. The number of anilines is 1. The molecule has 3 aromatic heterocycles. The number of alkyl halides is 1. The zero-order valence-corrected chi connectivity index (χ0v) is 29.8. The van der Waals surface area contributed by atoms with Crippen LogP contribution in [0.2, 0.25) is 5.02 Å². The monoisotopic (exact) mass is 730 g/mol. The third-order valence-corrected chi connectivity index (χ3v) is 10.3. The molecule has 3 saturated heterocycles. The van der Waals surface area contributed by atoms with Crippen molar-refractivity contribution < 1.29 is 22.7 Å². The fraction of sp³-hybridized carbons (Fsp3) is 0.368. The molecule has 270 valence electrons. The largest absolute Gasteiger partial charge is 0.467 e. The molecule has 3 aliphatic rings. The topological polar surface area (TPSA) is 100 Å². The Kier molecular flexibility index (Phi) is 10.2. The smallest absolute Gasteiger partial charge is 0.318 e. The fourth-order valence-corrected chi connectivity index (χ4v) is 7.69. The van der Waals surface area contributed by atoms with Crippen molar-refractivity contribution in [1.82, 2.24) is 34.7 Å². The molecule has 8 rings (SSSR count). The third kappa shape index (κ3) is 7.11. The second-order valence-electron chi connectivity index (χ2n) is 13.3. The zero-order chi connectivity index (χ0) is 36.5. The van der Waals surface area contributed by atoms with Crippen LogP contribution in [0, 0.1) is 12.7 Å². The first kappa shape index (κ1) is 35.5. The first-order valence-electron chi connectivity index (χ1n) is 17.3. The summed E-state index contributed by atoms with van der Waals surface area (Å²) in [7, 11) is 3.19. The zero-order valence-electron chi connectivity index (χ0n) is 29.1. The van der Waals surface area contributed by atoms with Crippen LogP contribution in [0.15, 0.2) is 60.7 Å². The minimum Gasteiger partial charge on any atom is -0.467 e. The molecule has 0 bridgehead atoms. The summed E-state index contributed by atoms with van der Waals surface area (Å²) in [5, 5.41) is 2.38. The van der Waals surface area contributed by atoms with Crippen molar-refractivity contribution in [2.75, 3.05) is 45.2 Å². The molecule has 0 radical (unpaired) electrons. The number of carbonyl (C=O) groups is 1. The summed E-state index contributed by atoms with van der Waals surface area (Å²) < 4.78 is 49.0. The maximum atomic E-state index is 16.2. The Balaban J connectivity index is 0.000000404. The van der Waals surface area contributed by atoms with E-state index in [0.717, 1.165) is 24.4 Å². The number of likely N-dealkylation sites (N-methyl/N-ethyl adjacent to an activating group) is 1. The van der Waals surface area contributed by atoms with Crippen molar-refractivity contribution in [2.24, 2.45) is 0 Å². The van der Waals surface area contributed by atoms with Gasteiger partial charge in [-0.05, 0) is 56.7 Å². The average molecular weight is 731 g/mol. The van der Waals surface area contributed by atoms with Gasteiger partial charge in [0.15, 0.2) is 11.6 Å². The molecule has 3 unspecified atom stereocenters. The lowest BCUT2D eigenvalue weighted by Gasteiger charge is -2.27. The van der Waals surface area contributed by atoms with Gasteiger partial charge in [-0.2, -0.15) is 9.97 Å². The number of rotatable bonds is 6. The van der Waals surface area contributed by atoms with Gasteiger partial charge in [-0.15, -0.1) is 0 Å². The molecule has 0 aliphatic carbocycles. The van der Waals surface area contributed by atoms with Gasteiger partial charge in [-0.25, -0.2) is 23.1 Å². The lowest BCUT2D eigenvalue weighted by atomic mass is 10.0. The summed E-state index contributed by atoms with van der Waals surface area (Å²) in [6.07, 6.45) is 7.49. The van der Waals surface area contributed by atoms with Crippen LogP contribution in [-0.2, 0) is 4.79 Å². The summed E-state index contributed by atoms with van der Waals surface area (Å²) >= 11 is 6.51. The van der Waals surface area contributed by atoms with E-state index in [9.17, 15) is 13.6 Å². The Bertz CT molecular complexity index is 2150. The van der Waals surface area contributed by atoms with E-state index in [4.69, 9.17) is 16.3 Å². The molecule has 52 heavy (non-hydrogen) atoms. The maximum Gasteiger partial charge on any atom is 0.318 e. The van der Waals surface area contributed by atoms with Crippen molar-refractivity contribution in [3.8, 4) is 17.3 Å². The predicted molar refractivity (Wildman–Crippen MR) is 195 cm³/mol. The van der Waals surface area contributed by atoms with Crippen LogP contribution < -0.4 is 9.64 Å². The average Bonchev–Trinajstić information content (AvgIpc) is 3.89. The number of pyridine rings is 1. The van der Waals surface area contributed by atoms with Gasteiger partial charge >= 0.3 is 6.01 Å². The van der Waals surface area contributed by atoms with E-state index in [0.29, 0.717) is 64.2 Å². The Labute approximate surface area is 304 Å². The molecule has 0 spiro atoms. The lowest BCUT2D eigenvalue weighted by Crippen LogP contribution is -2.37. The van der Waals surface area contributed by atoms with Crippen molar-refractivity contribution >= 4 is 51.1 Å². The number of nitrogens with zero attached hydrogens (tertiary/aromatic N) is 8. The van der Waals surface area contributed by atoms with Crippen molar-refractivity contribution in [3.05, 3.63) is 83.0 Å². The number of amides is 1. The number of halogens is 4. The number of methoxy groups -OCH3 is 1. The van der Waals surface area contributed by atoms with Crippen LogP contribution in [0.1, 0.15) is 37.2 Å². The fourth-order valence-electron chi connectivity index (χ4n) is 7.40. The van der Waals surface area contributed by atoms with Crippen molar-refractivity contribution in [1.29, 1.82) is 0 Å². The highest BCUT2D eigenvalue weighted by Crippen LogP contribution is 2.38. The number of aromatic nitrogens is 5. The number of fused-ring (bicyclic) bond motifs is 3. The molecule has 0 saturated carbocycles. The number of aryl methyl sites for hydroxylation is 1. The van der Waals surface area contributed by atoms with E-state index in [-0.39, 0.29) is 29.8 Å². The van der Waals surface area contributed by atoms with E-state index in [1.54, 1.807) is 26.1 Å². The Morgan fingerprint density at radius 3 is 2.63 bits per heavy atom. The van der Waals surface area contributed by atoms with Gasteiger partial charge in [0, 0.05) is 73.2 Å². The van der Waals surface area contributed by atoms with E-state index >= 15 is 4.39 Å². The van der Waals surface area contributed by atoms with E-state index in [1.165, 1.54) is 43.3 Å². The summed E-state index contributed by atoms with van der Waals surface area (Å²) in [4.78, 5) is 39.9. The first-order valence-corrected chi connectivity index (χ1v) is 17.6. The minimum absolute atomic E-state index is 0.0265. The number of hydrogen-bond acceptors (Lipinski definition) is 9. The van der Waals surface area contributed by atoms with Gasteiger partial charge in [-0.3, -0.25) is 14.7 Å². The third-order valence-electron chi connectivity index (χ3n) is 10.0. The molecule has 3 fully saturated rings. The number of hydrogen-bond donors (Lipinski definition) is 0. The van der Waals surface area contributed by atoms with Gasteiger partial charge in [0.2, 0.25) is 0 Å². The molecule has 3 atom stereocenters. The molecule has 0 N–H and O–H groups in total. The van der Waals surface area contributed by atoms with Crippen molar-refractivity contribution in [2.45, 2.75) is 50.9 Å². The van der Waals surface area contributed by atoms with Gasteiger partial charge in [0.25, 0.3) is 5.91 Å². The van der Waals surface area contributed by atoms with Gasteiger partial charge in [0.1, 0.15) is 29.0 Å². The quantitative estimate of drug-likeness (QED) is 0.171.